The first kappa shape index (κ1) is 13.4. The third-order valence-corrected chi connectivity index (χ3v) is 5.32. The maximum absolute atomic E-state index is 4.83. The van der Waals surface area contributed by atoms with E-state index in [0.717, 1.165) is 42.7 Å². The van der Waals surface area contributed by atoms with Crippen molar-refractivity contribution in [2.45, 2.75) is 45.1 Å². The Kier molecular flexibility index (Phi) is 3.51. The molecular formula is C17H21N3S. The lowest BCUT2D eigenvalue weighted by Crippen LogP contribution is -2.29. The molecule has 1 fully saturated rings. The quantitative estimate of drug-likeness (QED) is 0.940. The molecule has 2 aromatic rings. The summed E-state index contributed by atoms with van der Waals surface area (Å²) >= 11 is 1.70. The molecule has 3 nitrogen and oxygen atoms in total. The molecule has 1 saturated carbocycles. The van der Waals surface area contributed by atoms with Crippen LogP contribution >= 0.6 is 11.3 Å². The molecule has 1 unspecified atom stereocenters. The van der Waals surface area contributed by atoms with Gasteiger partial charge in [0.15, 0.2) is 5.82 Å². The van der Waals surface area contributed by atoms with E-state index in [0.29, 0.717) is 0 Å². The zero-order chi connectivity index (χ0) is 14.2. The van der Waals surface area contributed by atoms with Crippen molar-refractivity contribution in [1.82, 2.24) is 15.3 Å². The molecule has 2 heterocycles. The average Bonchev–Trinajstić information content (AvgIpc) is 3.16. The summed E-state index contributed by atoms with van der Waals surface area (Å²) in [7, 11) is 0. The molecule has 2 aromatic heterocycles. The van der Waals surface area contributed by atoms with Crippen LogP contribution < -0.4 is 5.32 Å². The molecule has 21 heavy (non-hydrogen) atoms. The summed E-state index contributed by atoms with van der Waals surface area (Å²) in [6.07, 6.45) is 6.24. The summed E-state index contributed by atoms with van der Waals surface area (Å²) in [5, 5.41) is 7.89. The van der Waals surface area contributed by atoms with Crippen LogP contribution in [0.2, 0.25) is 0 Å². The molecule has 0 bridgehead atoms. The molecule has 0 aliphatic heterocycles. The summed E-state index contributed by atoms with van der Waals surface area (Å²) in [4.78, 5) is 9.58. The molecule has 4 rings (SSSR count). The largest absolute Gasteiger partial charge is 0.314 e. The zero-order valence-electron chi connectivity index (χ0n) is 12.4. The zero-order valence-corrected chi connectivity index (χ0v) is 13.2. The monoisotopic (exact) mass is 299 g/mol. The number of hydrogen-bond acceptors (Lipinski definition) is 4. The first-order valence-electron chi connectivity index (χ1n) is 7.92. The Hall–Kier alpha value is -1.26. The van der Waals surface area contributed by atoms with Crippen molar-refractivity contribution in [2.75, 3.05) is 6.54 Å². The normalized spacial score (nSPS) is 21.3. The fraction of sp³-hybridized carbons (Fsp3) is 0.529. The van der Waals surface area contributed by atoms with Gasteiger partial charge < -0.3 is 5.32 Å². The molecule has 4 heteroatoms. The highest BCUT2D eigenvalue weighted by atomic mass is 32.1. The van der Waals surface area contributed by atoms with E-state index in [-0.39, 0.29) is 0 Å². The molecule has 0 aromatic carbocycles. The van der Waals surface area contributed by atoms with Crippen molar-refractivity contribution in [3.05, 3.63) is 33.8 Å². The van der Waals surface area contributed by atoms with E-state index in [1.165, 1.54) is 36.2 Å². The van der Waals surface area contributed by atoms with Crippen LogP contribution in [0.1, 0.15) is 36.2 Å². The average molecular weight is 299 g/mol. The molecule has 0 radical (unpaired) electrons. The predicted molar refractivity (Wildman–Crippen MR) is 86.6 cm³/mol. The van der Waals surface area contributed by atoms with Gasteiger partial charge in [-0.15, -0.1) is 0 Å². The van der Waals surface area contributed by atoms with Gasteiger partial charge in [-0.1, -0.05) is 0 Å². The SMILES string of the molecule is Cc1nc(-c2ccsc2)nc2c1CC(CNC1CC1)CC2. The van der Waals surface area contributed by atoms with E-state index in [4.69, 9.17) is 9.97 Å². The third kappa shape index (κ3) is 2.87. The van der Waals surface area contributed by atoms with Crippen molar-refractivity contribution in [3.8, 4) is 11.4 Å². The van der Waals surface area contributed by atoms with Gasteiger partial charge in [-0.3, -0.25) is 0 Å². The molecule has 0 spiro atoms. The smallest absolute Gasteiger partial charge is 0.160 e. The molecule has 0 saturated heterocycles. The van der Waals surface area contributed by atoms with Crippen LogP contribution in [0, 0.1) is 12.8 Å². The molecule has 0 amide bonds. The molecule has 1 N–H and O–H groups in total. The highest BCUT2D eigenvalue weighted by Crippen LogP contribution is 2.29. The standard InChI is InChI=1S/C17H21N3S/c1-11-15-8-12(9-18-14-3-4-14)2-5-16(15)20-17(19-11)13-6-7-21-10-13/h6-7,10,12,14,18H,2-5,8-9H2,1H3. The molecule has 2 aliphatic carbocycles. The van der Waals surface area contributed by atoms with Gasteiger partial charge in [-0.05, 0) is 68.5 Å². The summed E-state index contributed by atoms with van der Waals surface area (Å²) in [5.41, 5.74) is 5.02. The van der Waals surface area contributed by atoms with Crippen LogP contribution in [0.15, 0.2) is 16.8 Å². The van der Waals surface area contributed by atoms with Crippen molar-refractivity contribution in [3.63, 3.8) is 0 Å². The van der Waals surface area contributed by atoms with Crippen LogP contribution in [0.5, 0.6) is 0 Å². The number of rotatable bonds is 4. The lowest BCUT2D eigenvalue weighted by atomic mass is 9.85. The number of thiophene rings is 1. The Balaban J connectivity index is 1.54. The second kappa shape index (κ2) is 5.50. The van der Waals surface area contributed by atoms with Gasteiger partial charge in [0.25, 0.3) is 0 Å². The van der Waals surface area contributed by atoms with E-state index < -0.39 is 0 Å². The summed E-state index contributed by atoms with van der Waals surface area (Å²) in [6, 6.07) is 2.92. The Labute approximate surface area is 129 Å². The number of hydrogen-bond donors (Lipinski definition) is 1. The van der Waals surface area contributed by atoms with E-state index in [9.17, 15) is 0 Å². The van der Waals surface area contributed by atoms with Gasteiger partial charge in [0.2, 0.25) is 0 Å². The second-order valence-electron chi connectivity index (χ2n) is 6.36. The Morgan fingerprint density at radius 2 is 2.19 bits per heavy atom. The second-order valence-corrected chi connectivity index (χ2v) is 7.14. The van der Waals surface area contributed by atoms with Crippen LogP contribution in [0.4, 0.5) is 0 Å². The molecule has 1 atom stereocenters. The fourth-order valence-electron chi connectivity index (χ4n) is 3.18. The minimum absolute atomic E-state index is 0.757. The highest BCUT2D eigenvalue weighted by Gasteiger charge is 2.26. The van der Waals surface area contributed by atoms with E-state index in [1.807, 2.05) is 0 Å². The first-order chi connectivity index (χ1) is 10.3. The van der Waals surface area contributed by atoms with Crippen molar-refractivity contribution in [1.29, 1.82) is 0 Å². The minimum Gasteiger partial charge on any atom is -0.314 e. The van der Waals surface area contributed by atoms with E-state index in [1.54, 1.807) is 11.3 Å². The van der Waals surface area contributed by atoms with Crippen molar-refractivity contribution >= 4 is 11.3 Å². The number of fused-ring (bicyclic) bond motifs is 1. The third-order valence-electron chi connectivity index (χ3n) is 4.63. The van der Waals surface area contributed by atoms with Crippen LogP contribution in [-0.4, -0.2) is 22.6 Å². The Bertz CT molecular complexity index is 632. The molecule has 110 valence electrons. The van der Waals surface area contributed by atoms with Crippen molar-refractivity contribution in [2.24, 2.45) is 5.92 Å². The summed E-state index contributed by atoms with van der Waals surface area (Å²) < 4.78 is 0. The topological polar surface area (TPSA) is 37.8 Å². The lowest BCUT2D eigenvalue weighted by Gasteiger charge is -2.25. The van der Waals surface area contributed by atoms with Crippen molar-refractivity contribution < 1.29 is 0 Å². The lowest BCUT2D eigenvalue weighted by molar-refractivity contribution is 0.417. The van der Waals surface area contributed by atoms with Crippen LogP contribution in [0.25, 0.3) is 11.4 Å². The van der Waals surface area contributed by atoms with E-state index in [2.05, 4.69) is 29.1 Å². The minimum atomic E-state index is 0.757. The summed E-state index contributed by atoms with van der Waals surface area (Å²) in [6.45, 7) is 3.31. The predicted octanol–water partition coefficient (Wildman–Crippen LogP) is 3.37. The highest BCUT2D eigenvalue weighted by molar-refractivity contribution is 7.08. The van der Waals surface area contributed by atoms with Gasteiger partial charge in [0.05, 0.1) is 0 Å². The van der Waals surface area contributed by atoms with Gasteiger partial charge in [0, 0.05) is 28.4 Å². The van der Waals surface area contributed by atoms with Crippen LogP contribution in [0.3, 0.4) is 0 Å². The fourth-order valence-corrected chi connectivity index (χ4v) is 3.81. The van der Waals surface area contributed by atoms with Gasteiger partial charge in [-0.2, -0.15) is 11.3 Å². The number of aryl methyl sites for hydroxylation is 2. The Morgan fingerprint density at radius 3 is 2.95 bits per heavy atom. The summed E-state index contributed by atoms with van der Waals surface area (Å²) in [5.74, 6) is 1.66. The molecular weight excluding hydrogens is 278 g/mol. The van der Waals surface area contributed by atoms with Crippen LogP contribution in [-0.2, 0) is 12.8 Å². The first-order valence-corrected chi connectivity index (χ1v) is 8.86. The number of nitrogens with one attached hydrogen (secondary N) is 1. The van der Waals surface area contributed by atoms with Gasteiger partial charge in [-0.25, -0.2) is 9.97 Å². The van der Waals surface area contributed by atoms with Gasteiger partial charge in [0.1, 0.15) is 0 Å². The Morgan fingerprint density at radius 1 is 1.29 bits per heavy atom. The van der Waals surface area contributed by atoms with Gasteiger partial charge >= 0.3 is 0 Å². The number of aromatic nitrogens is 2. The maximum Gasteiger partial charge on any atom is 0.160 e. The number of nitrogens with zero attached hydrogens (tertiary/aromatic N) is 2. The molecule has 2 aliphatic rings. The van der Waals surface area contributed by atoms with E-state index >= 15 is 0 Å². The maximum atomic E-state index is 4.83.